The monoisotopic (exact) mass is 213 g/mol. The molecule has 0 aromatic heterocycles. The third-order valence-corrected chi connectivity index (χ3v) is 3.07. The standard InChI is InChI=1S/C11H19NO3/c1-3-6-12(8-13)11(2,10(14)15)7-9-4-5-9/h8-9H,3-7H2,1-2H3,(H,14,15). The summed E-state index contributed by atoms with van der Waals surface area (Å²) < 4.78 is 0. The Morgan fingerprint density at radius 1 is 1.60 bits per heavy atom. The summed E-state index contributed by atoms with van der Waals surface area (Å²) in [5.41, 5.74) is -1.01. The summed E-state index contributed by atoms with van der Waals surface area (Å²) in [5, 5.41) is 9.24. The SMILES string of the molecule is CCCN(C=O)C(C)(CC1CC1)C(=O)O. The Morgan fingerprint density at radius 3 is 2.53 bits per heavy atom. The van der Waals surface area contributed by atoms with E-state index in [9.17, 15) is 14.7 Å². The molecule has 4 nitrogen and oxygen atoms in total. The smallest absolute Gasteiger partial charge is 0.329 e. The van der Waals surface area contributed by atoms with Crippen LogP contribution in [0.25, 0.3) is 0 Å². The third kappa shape index (κ3) is 2.70. The molecule has 0 bridgehead atoms. The van der Waals surface area contributed by atoms with Crippen LogP contribution < -0.4 is 0 Å². The number of carboxylic acid groups (broad SMARTS) is 1. The van der Waals surface area contributed by atoms with Gasteiger partial charge in [-0.2, -0.15) is 0 Å². The van der Waals surface area contributed by atoms with Gasteiger partial charge < -0.3 is 10.0 Å². The van der Waals surface area contributed by atoms with Gasteiger partial charge in [-0.25, -0.2) is 4.79 Å². The maximum Gasteiger partial charge on any atom is 0.329 e. The summed E-state index contributed by atoms with van der Waals surface area (Å²) in [6.45, 7) is 4.10. The molecule has 1 N–H and O–H groups in total. The van der Waals surface area contributed by atoms with Crippen LogP contribution in [-0.4, -0.2) is 34.5 Å². The first kappa shape index (κ1) is 12.0. The third-order valence-electron chi connectivity index (χ3n) is 3.07. The van der Waals surface area contributed by atoms with Gasteiger partial charge in [0.1, 0.15) is 5.54 Å². The van der Waals surface area contributed by atoms with Crippen LogP contribution in [0, 0.1) is 5.92 Å². The Kier molecular flexibility index (Phi) is 3.72. The van der Waals surface area contributed by atoms with E-state index in [0.717, 1.165) is 19.3 Å². The molecule has 0 aliphatic heterocycles. The highest BCUT2D eigenvalue weighted by Gasteiger charge is 2.43. The molecule has 0 saturated heterocycles. The average Bonchev–Trinajstić information content (AvgIpc) is 2.97. The normalized spacial score (nSPS) is 19.3. The van der Waals surface area contributed by atoms with Crippen molar-refractivity contribution >= 4 is 12.4 Å². The Hall–Kier alpha value is -1.06. The van der Waals surface area contributed by atoms with Gasteiger partial charge in [-0.1, -0.05) is 19.8 Å². The Bertz CT molecular complexity index is 250. The van der Waals surface area contributed by atoms with Crippen molar-refractivity contribution in [2.24, 2.45) is 5.92 Å². The van der Waals surface area contributed by atoms with Gasteiger partial charge in [0.25, 0.3) is 0 Å². The number of hydrogen-bond donors (Lipinski definition) is 1. The molecule has 0 spiro atoms. The molecule has 1 saturated carbocycles. The second kappa shape index (κ2) is 4.64. The summed E-state index contributed by atoms with van der Waals surface area (Å²) in [6, 6.07) is 0. The first-order valence-electron chi connectivity index (χ1n) is 5.50. The minimum Gasteiger partial charge on any atom is -0.480 e. The predicted molar refractivity (Wildman–Crippen MR) is 56.4 cm³/mol. The topological polar surface area (TPSA) is 57.6 Å². The lowest BCUT2D eigenvalue weighted by Gasteiger charge is -2.35. The van der Waals surface area contributed by atoms with Crippen LogP contribution in [0.1, 0.15) is 39.5 Å². The lowest BCUT2D eigenvalue weighted by atomic mass is 9.93. The first-order valence-corrected chi connectivity index (χ1v) is 5.50. The summed E-state index contributed by atoms with van der Waals surface area (Å²) in [7, 11) is 0. The summed E-state index contributed by atoms with van der Waals surface area (Å²) in [5.74, 6) is -0.402. The van der Waals surface area contributed by atoms with Gasteiger partial charge in [0, 0.05) is 6.54 Å². The minimum atomic E-state index is -1.01. The van der Waals surface area contributed by atoms with E-state index in [4.69, 9.17) is 0 Å². The van der Waals surface area contributed by atoms with Crippen LogP contribution in [-0.2, 0) is 9.59 Å². The fourth-order valence-corrected chi connectivity index (χ4v) is 1.87. The summed E-state index contributed by atoms with van der Waals surface area (Å²) in [4.78, 5) is 23.6. The molecule has 0 aromatic rings. The number of carbonyl (C=O) groups excluding carboxylic acids is 1. The van der Waals surface area contributed by atoms with E-state index in [1.54, 1.807) is 6.92 Å². The van der Waals surface area contributed by atoms with Crippen molar-refractivity contribution in [2.45, 2.75) is 45.1 Å². The van der Waals surface area contributed by atoms with E-state index in [0.29, 0.717) is 25.3 Å². The van der Waals surface area contributed by atoms with E-state index in [1.807, 2.05) is 6.92 Å². The first-order chi connectivity index (χ1) is 7.04. The van der Waals surface area contributed by atoms with Crippen LogP contribution in [0.15, 0.2) is 0 Å². The fourth-order valence-electron chi connectivity index (χ4n) is 1.87. The van der Waals surface area contributed by atoms with Gasteiger partial charge in [-0.05, 0) is 25.7 Å². The molecule has 1 atom stereocenters. The summed E-state index contributed by atoms with van der Waals surface area (Å²) in [6.07, 6.45) is 4.23. The van der Waals surface area contributed by atoms with E-state index < -0.39 is 11.5 Å². The quantitative estimate of drug-likeness (QED) is 0.652. The molecular weight excluding hydrogens is 194 g/mol. The number of carboxylic acids is 1. The number of rotatable bonds is 7. The van der Waals surface area contributed by atoms with Gasteiger partial charge in [-0.15, -0.1) is 0 Å². The highest BCUT2D eigenvalue weighted by atomic mass is 16.4. The number of amides is 1. The molecular formula is C11H19NO3. The van der Waals surface area contributed by atoms with Gasteiger partial charge in [0.15, 0.2) is 0 Å². The van der Waals surface area contributed by atoms with Gasteiger partial charge in [0.2, 0.25) is 6.41 Å². The van der Waals surface area contributed by atoms with Gasteiger partial charge in [-0.3, -0.25) is 4.79 Å². The second-order valence-corrected chi connectivity index (χ2v) is 4.53. The molecule has 1 rings (SSSR count). The zero-order valence-corrected chi connectivity index (χ0v) is 9.40. The second-order valence-electron chi connectivity index (χ2n) is 4.53. The van der Waals surface area contributed by atoms with E-state index >= 15 is 0 Å². The van der Waals surface area contributed by atoms with Crippen LogP contribution in [0.3, 0.4) is 0 Å². The average molecular weight is 213 g/mol. The maximum atomic E-state index is 11.3. The molecule has 86 valence electrons. The van der Waals surface area contributed by atoms with E-state index in [1.165, 1.54) is 4.90 Å². The van der Waals surface area contributed by atoms with Crippen molar-refractivity contribution in [2.75, 3.05) is 6.54 Å². The molecule has 1 fully saturated rings. The molecule has 15 heavy (non-hydrogen) atoms. The van der Waals surface area contributed by atoms with Crippen molar-refractivity contribution < 1.29 is 14.7 Å². The zero-order chi connectivity index (χ0) is 11.5. The number of carbonyl (C=O) groups is 2. The molecule has 1 aliphatic rings. The highest BCUT2D eigenvalue weighted by Crippen LogP contribution is 2.38. The van der Waals surface area contributed by atoms with Crippen LogP contribution in [0.4, 0.5) is 0 Å². The van der Waals surface area contributed by atoms with Crippen LogP contribution in [0.2, 0.25) is 0 Å². The molecule has 1 unspecified atom stereocenters. The zero-order valence-electron chi connectivity index (χ0n) is 9.40. The van der Waals surface area contributed by atoms with Crippen LogP contribution >= 0.6 is 0 Å². The lowest BCUT2D eigenvalue weighted by molar-refractivity contribution is -0.154. The van der Waals surface area contributed by atoms with Crippen molar-refractivity contribution in [1.29, 1.82) is 0 Å². The lowest BCUT2D eigenvalue weighted by Crippen LogP contribution is -2.52. The number of hydrogen-bond acceptors (Lipinski definition) is 2. The largest absolute Gasteiger partial charge is 0.480 e. The molecule has 1 amide bonds. The molecule has 4 heteroatoms. The maximum absolute atomic E-state index is 11.3. The van der Waals surface area contributed by atoms with Gasteiger partial charge in [0.05, 0.1) is 0 Å². The summed E-state index contributed by atoms with van der Waals surface area (Å²) >= 11 is 0. The predicted octanol–water partition coefficient (Wildman–Crippen LogP) is 1.50. The Labute approximate surface area is 90.3 Å². The van der Waals surface area contributed by atoms with Crippen LogP contribution in [0.5, 0.6) is 0 Å². The van der Waals surface area contributed by atoms with Crippen molar-refractivity contribution in [3.63, 3.8) is 0 Å². The molecule has 1 aliphatic carbocycles. The van der Waals surface area contributed by atoms with Gasteiger partial charge >= 0.3 is 5.97 Å². The Balaban J connectivity index is 2.75. The number of aliphatic carboxylic acids is 1. The number of nitrogens with zero attached hydrogens (tertiary/aromatic N) is 1. The molecule has 0 heterocycles. The van der Waals surface area contributed by atoms with E-state index in [-0.39, 0.29) is 0 Å². The Morgan fingerprint density at radius 2 is 2.20 bits per heavy atom. The van der Waals surface area contributed by atoms with Crippen molar-refractivity contribution in [3.8, 4) is 0 Å². The van der Waals surface area contributed by atoms with Crippen molar-refractivity contribution in [1.82, 2.24) is 4.90 Å². The molecule has 0 radical (unpaired) electrons. The molecule has 0 aromatic carbocycles. The van der Waals surface area contributed by atoms with Crippen molar-refractivity contribution in [3.05, 3.63) is 0 Å². The highest BCUT2D eigenvalue weighted by molar-refractivity contribution is 5.81. The fraction of sp³-hybridized carbons (Fsp3) is 0.818. The van der Waals surface area contributed by atoms with E-state index in [2.05, 4.69) is 0 Å². The minimum absolute atomic E-state index is 0.491.